The van der Waals surface area contributed by atoms with Gasteiger partial charge in [0.2, 0.25) is 15.9 Å². The first kappa shape index (κ1) is 34.7. The maximum atomic E-state index is 13.2. The number of rotatable bonds is 12. The van der Waals surface area contributed by atoms with Gasteiger partial charge < -0.3 is 15.4 Å². The minimum Gasteiger partial charge on any atom is -0.475 e. The van der Waals surface area contributed by atoms with E-state index < -0.39 is 33.1 Å². The molecule has 1 amide bonds. The van der Waals surface area contributed by atoms with Crippen LogP contribution in [0.25, 0.3) is 22.0 Å². The van der Waals surface area contributed by atoms with E-state index in [1.54, 1.807) is 13.2 Å². The Hall–Kier alpha value is -4.83. The van der Waals surface area contributed by atoms with E-state index >= 15 is 0 Å². The molecule has 0 radical (unpaired) electrons. The third-order valence-corrected chi connectivity index (χ3v) is 8.01. The van der Waals surface area contributed by atoms with Crippen LogP contribution in [0, 0.1) is 10.1 Å². The van der Waals surface area contributed by atoms with Crippen molar-refractivity contribution < 1.29 is 41.2 Å². The highest BCUT2D eigenvalue weighted by Crippen LogP contribution is 2.27. The van der Waals surface area contributed by atoms with Crippen molar-refractivity contribution in [3.63, 3.8) is 0 Å². The van der Waals surface area contributed by atoms with Crippen LogP contribution in [0.15, 0.2) is 77.8 Å². The quantitative estimate of drug-likeness (QED) is 0.0882. The number of carbonyl (C=O) groups is 2. The highest BCUT2D eigenvalue weighted by Gasteiger charge is 2.38. The molecule has 1 aromatic heterocycles. The molecule has 4 N–H and O–H groups in total. The van der Waals surface area contributed by atoms with Crippen LogP contribution in [0.5, 0.6) is 0 Å². The number of nitro benzene ring substituents is 1. The van der Waals surface area contributed by atoms with Gasteiger partial charge in [0.15, 0.2) is 0 Å². The minimum absolute atomic E-state index is 0.0426. The molecule has 0 aliphatic heterocycles. The van der Waals surface area contributed by atoms with Crippen molar-refractivity contribution >= 4 is 38.4 Å². The van der Waals surface area contributed by atoms with Crippen LogP contribution in [0.4, 0.5) is 18.9 Å². The second kappa shape index (κ2) is 15.3. The Morgan fingerprint density at radius 2 is 1.71 bits per heavy atom. The Labute approximate surface area is 255 Å². The smallest absolute Gasteiger partial charge is 0.475 e. The number of alkyl halides is 3. The minimum atomic E-state index is -5.08. The molecule has 16 heteroatoms. The molecule has 0 saturated heterocycles. The summed E-state index contributed by atoms with van der Waals surface area (Å²) in [4.78, 5) is 38.5. The molecule has 0 aliphatic rings. The molecule has 0 fully saturated rings. The Balaban J connectivity index is 0.000000707. The molecule has 4 rings (SSSR count). The lowest BCUT2D eigenvalue weighted by Gasteiger charge is -2.17. The number of amides is 1. The zero-order chi connectivity index (χ0) is 33.2. The first-order chi connectivity index (χ1) is 21.2. The molecule has 0 bridgehead atoms. The molecule has 0 unspecified atom stereocenters. The zero-order valence-corrected chi connectivity index (χ0v) is 24.7. The van der Waals surface area contributed by atoms with Crippen molar-refractivity contribution in [1.82, 2.24) is 20.0 Å². The van der Waals surface area contributed by atoms with Crippen LogP contribution in [-0.4, -0.2) is 53.5 Å². The number of benzene rings is 3. The number of halogens is 3. The van der Waals surface area contributed by atoms with Crippen LogP contribution >= 0.6 is 0 Å². The summed E-state index contributed by atoms with van der Waals surface area (Å²) in [5.74, 6) is -2.36. The third-order valence-electron chi connectivity index (χ3n) is 6.54. The van der Waals surface area contributed by atoms with E-state index in [-0.39, 0.29) is 16.5 Å². The number of hydrogen-bond acceptors (Lipinski definition) is 7. The van der Waals surface area contributed by atoms with Crippen molar-refractivity contribution in [1.29, 1.82) is 0 Å². The van der Waals surface area contributed by atoms with E-state index in [9.17, 15) is 36.5 Å². The number of carboxylic acids is 1. The predicted octanol–water partition coefficient (Wildman–Crippen LogP) is 5.49. The second-order valence-electron chi connectivity index (χ2n) is 9.75. The number of non-ortho nitro benzene ring substituents is 1. The molecule has 240 valence electrons. The number of nitrogens with zero attached hydrogens (tertiary/aromatic N) is 2. The fourth-order valence-corrected chi connectivity index (χ4v) is 5.50. The lowest BCUT2D eigenvalue weighted by molar-refractivity contribution is -0.385. The van der Waals surface area contributed by atoms with Gasteiger partial charge in [-0.2, -0.15) is 13.2 Å². The summed E-state index contributed by atoms with van der Waals surface area (Å²) in [6, 6.07) is 18.2. The maximum absolute atomic E-state index is 13.2. The molecule has 1 heterocycles. The van der Waals surface area contributed by atoms with Crippen LogP contribution in [-0.2, 0) is 19.6 Å². The molecule has 4 aromatic rings. The van der Waals surface area contributed by atoms with Crippen molar-refractivity contribution in [2.24, 2.45) is 0 Å². The molecule has 1 atom stereocenters. The van der Waals surface area contributed by atoms with Gasteiger partial charge in [-0.05, 0) is 35.7 Å². The summed E-state index contributed by atoms with van der Waals surface area (Å²) in [7, 11) is -2.50. The van der Waals surface area contributed by atoms with Crippen molar-refractivity contribution in [3.05, 3.63) is 88.9 Å². The lowest BCUT2D eigenvalue weighted by atomic mass is 10.1. The predicted molar refractivity (Wildman–Crippen MR) is 159 cm³/mol. The van der Waals surface area contributed by atoms with E-state index in [1.807, 2.05) is 42.5 Å². The van der Waals surface area contributed by atoms with Gasteiger partial charge in [0.05, 0.1) is 27.8 Å². The van der Waals surface area contributed by atoms with Gasteiger partial charge in [-0.15, -0.1) is 0 Å². The summed E-state index contributed by atoms with van der Waals surface area (Å²) in [6.07, 6.45) is -0.559. The number of aromatic nitrogens is 2. The van der Waals surface area contributed by atoms with Gasteiger partial charge in [-0.3, -0.25) is 14.9 Å². The number of nitro groups is 1. The van der Waals surface area contributed by atoms with E-state index in [1.165, 1.54) is 18.2 Å². The fraction of sp³-hybridized carbons (Fsp3) is 0.276. The Morgan fingerprint density at radius 1 is 1.02 bits per heavy atom. The number of nitrogens with one attached hydrogen (secondary N) is 3. The zero-order valence-electron chi connectivity index (χ0n) is 23.9. The Morgan fingerprint density at radius 3 is 2.36 bits per heavy atom. The number of carbonyl (C=O) groups excluding carboxylic acids is 1. The number of carboxylic acid groups (broad SMARTS) is 1. The number of unbranched alkanes of at least 4 members (excludes halogenated alkanes) is 2. The number of hydrogen-bond donors (Lipinski definition) is 4. The SMILES string of the molecule is CNC(=O)CCCCC[C@H](NS(=O)(=O)c1cccc([N+](=O)[O-])c1)c1ncc(-c2ccc3ccccc3c2)[nH]1.O=C(O)C(F)(F)F. The number of imidazole rings is 1. The second-order valence-corrected chi connectivity index (χ2v) is 11.5. The highest BCUT2D eigenvalue weighted by molar-refractivity contribution is 7.89. The van der Waals surface area contributed by atoms with Gasteiger partial charge in [0.25, 0.3) is 5.69 Å². The molecular formula is C29H30F3N5O7S. The Kier molecular flexibility index (Phi) is 11.7. The summed E-state index contributed by atoms with van der Waals surface area (Å²) in [5.41, 5.74) is 1.34. The largest absolute Gasteiger partial charge is 0.490 e. The van der Waals surface area contributed by atoms with E-state index in [2.05, 4.69) is 20.0 Å². The van der Waals surface area contributed by atoms with Crippen molar-refractivity contribution in [2.45, 2.75) is 49.2 Å². The van der Waals surface area contributed by atoms with Gasteiger partial charge in [-0.25, -0.2) is 22.9 Å². The monoisotopic (exact) mass is 649 g/mol. The average molecular weight is 650 g/mol. The number of aromatic amines is 1. The van der Waals surface area contributed by atoms with E-state index in [4.69, 9.17) is 9.90 Å². The first-order valence-corrected chi connectivity index (χ1v) is 15.0. The summed E-state index contributed by atoms with van der Waals surface area (Å²) >= 11 is 0. The molecule has 45 heavy (non-hydrogen) atoms. The average Bonchev–Trinajstić information content (AvgIpc) is 3.50. The molecule has 3 aromatic carbocycles. The standard InChI is InChI=1S/C27H29N5O5S.C2HF3O2/c1-28-26(33)13-4-2-3-12-24(31-38(36,37)23-11-7-10-22(17-23)32(34)35)27-29-18-25(30-27)21-15-14-19-8-5-6-9-20(19)16-21;3-2(4,5)1(6)7/h5-11,14-18,24,31H,2-4,12-13H2,1H3,(H,28,33)(H,29,30);(H,6,7)/t24-;/m0./s1. The third kappa shape index (κ3) is 10.1. The van der Waals surface area contributed by atoms with Gasteiger partial charge in [0.1, 0.15) is 5.82 Å². The molecule has 0 aliphatic carbocycles. The molecule has 12 nitrogen and oxygen atoms in total. The first-order valence-electron chi connectivity index (χ1n) is 13.5. The molecule has 0 spiro atoms. The fourth-order valence-electron chi connectivity index (χ4n) is 4.22. The van der Waals surface area contributed by atoms with Gasteiger partial charge in [-0.1, -0.05) is 55.3 Å². The maximum Gasteiger partial charge on any atom is 0.490 e. The normalized spacial score (nSPS) is 12.2. The summed E-state index contributed by atoms with van der Waals surface area (Å²) in [5, 5.41) is 23.1. The van der Waals surface area contributed by atoms with Gasteiger partial charge >= 0.3 is 12.1 Å². The van der Waals surface area contributed by atoms with E-state index in [0.29, 0.717) is 31.5 Å². The number of H-pyrrole nitrogens is 1. The van der Waals surface area contributed by atoms with E-state index in [0.717, 1.165) is 34.5 Å². The van der Waals surface area contributed by atoms with Crippen molar-refractivity contribution in [3.8, 4) is 11.3 Å². The number of aliphatic carboxylic acids is 1. The topological polar surface area (TPSA) is 184 Å². The number of sulfonamides is 1. The van der Waals surface area contributed by atoms with Gasteiger partial charge in [0, 0.05) is 31.2 Å². The van der Waals surface area contributed by atoms with Crippen LogP contribution in [0.2, 0.25) is 0 Å². The lowest BCUT2D eigenvalue weighted by Crippen LogP contribution is -2.29. The highest BCUT2D eigenvalue weighted by atomic mass is 32.2. The van der Waals surface area contributed by atoms with Crippen LogP contribution in [0.3, 0.4) is 0 Å². The molecular weight excluding hydrogens is 619 g/mol. The van der Waals surface area contributed by atoms with Crippen LogP contribution < -0.4 is 10.0 Å². The summed E-state index contributed by atoms with van der Waals surface area (Å²) < 4.78 is 60.8. The van der Waals surface area contributed by atoms with Crippen LogP contribution in [0.1, 0.15) is 44.0 Å². The Bertz CT molecular complexity index is 1760. The number of fused-ring (bicyclic) bond motifs is 1. The van der Waals surface area contributed by atoms with Crippen molar-refractivity contribution in [2.75, 3.05) is 7.05 Å². The summed E-state index contributed by atoms with van der Waals surface area (Å²) in [6.45, 7) is 0. The molecule has 0 saturated carbocycles.